The molecule has 0 spiro atoms. The average molecular weight is 280 g/mol. The third kappa shape index (κ3) is 2.24. The first-order chi connectivity index (χ1) is 9.93. The maximum atomic E-state index is 6.44. The zero-order valence-electron chi connectivity index (χ0n) is 13.4. The maximum Gasteiger partial charge on any atom is 0.0491 e. The van der Waals surface area contributed by atoms with Gasteiger partial charge in [-0.25, -0.2) is 0 Å². The van der Waals surface area contributed by atoms with Crippen LogP contribution in [0, 0.1) is 5.41 Å². The van der Waals surface area contributed by atoms with Crippen molar-refractivity contribution in [3.63, 3.8) is 0 Å². The molecule has 0 radical (unpaired) electrons. The highest BCUT2D eigenvalue weighted by Crippen LogP contribution is 2.35. The molecule has 0 bridgehead atoms. The van der Waals surface area contributed by atoms with E-state index in [1.807, 2.05) is 0 Å². The molecule has 2 nitrogen and oxygen atoms in total. The van der Waals surface area contributed by atoms with E-state index in [0.29, 0.717) is 0 Å². The van der Waals surface area contributed by atoms with Crippen molar-refractivity contribution in [2.24, 2.45) is 11.1 Å². The van der Waals surface area contributed by atoms with Gasteiger partial charge in [0.05, 0.1) is 0 Å². The summed E-state index contributed by atoms with van der Waals surface area (Å²) in [7, 11) is 0. The van der Waals surface area contributed by atoms with E-state index in [2.05, 4.69) is 74.7 Å². The van der Waals surface area contributed by atoms with Gasteiger partial charge >= 0.3 is 0 Å². The van der Waals surface area contributed by atoms with Crippen LogP contribution < -0.4 is 5.73 Å². The van der Waals surface area contributed by atoms with E-state index < -0.39 is 0 Å². The van der Waals surface area contributed by atoms with Gasteiger partial charge in [-0.05, 0) is 36.1 Å². The lowest BCUT2D eigenvalue weighted by Gasteiger charge is -2.27. The topological polar surface area (TPSA) is 30.9 Å². The van der Waals surface area contributed by atoms with Crippen molar-refractivity contribution < 1.29 is 0 Å². The van der Waals surface area contributed by atoms with Crippen LogP contribution >= 0.6 is 0 Å². The fourth-order valence-corrected chi connectivity index (χ4v) is 3.11. The van der Waals surface area contributed by atoms with Crippen molar-refractivity contribution in [2.45, 2.75) is 40.3 Å². The van der Waals surface area contributed by atoms with E-state index in [-0.39, 0.29) is 11.5 Å². The Morgan fingerprint density at radius 3 is 2.33 bits per heavy atom. The Balaban J connectivity index is 2.29. The minimum Gasteiger partial charge on any atom is -0.341 e. The Hall–Kier alpha value is -1.80. The molecule has 2 N–H and O–H groups in total. The van der Waals surface area contributed by atoms with Gasteiger partial charge in [0.2, 0.25) is 0 Å². The molecule has 3 aromatic rings. The van der Waals surface area contributed by atoms with Crippen molar-refractivity contribution in [1.29, 1.82) is 0 Å². The van der Waals surface area contributed by atoms with E-state index >= 15 is 0 Å². The van der Waals surface area contributed by atoms with Crippen LogP contribution in [0.5, 0.6) is 0 Å². The summed E-state index contributed by atoms with van der Waals surface area (Å²) >= 11 is 0. The number of aryl methyl sites for hydroxylation is 1. The Morgan fingerprint density at radius 1 is 1.00 bits per heavy atom. The van der Waals surface area contributed by atoms with E-state index in [1.54, 1.807) is 0 Å². The predicted octanol–water partition coefficient (Wildman–Crippen LogP) is 4.86. The second-order valence-corrected chi connectivity index (χ2v) is 6.88. The molecule has 21 heavy (non-hydrogen) atoms. The molecule has 2 heteroatoms. The van der Waals surface area contributed by atoms with Crippen molar-refractivity contribution in [3.05, 3.63) is 48.0 Å². The number of para-hydroxylation sites is 1. The molecule has 0 unspecified atom stereocenters. The van der Waals surface area contributed by atoms with E-state index in [0.717, 1.165) is 6.54 Å². The summed E-state index contributed by atoms with van der Waals surface area (Å²) in [5.74, 6) is 0. The summed E-state index contributed by atoms with van der Waals surface area (Å²) in [6, 6.07) is 15.3. The van der Waals surface area contributed by atoms with Gasteiger partial charge in [0.15, 0.2) is 0 Å². The van der Waals surface area contributed by atoms with Crippen LogP contribution in [-0.2, 0) is 6.54 Å². The lowest BCUT2D eigenvalue weighted by Crippen LogP contribution is -2.26. The Labute approximate surface area is 126 Å². The second kappa shape index (κ2) is 4.88. The Bertz CT molecular complexity index is 790. The molecule has 110 valence electrons. The van der Waals surface area contributed by atoms with Gasteiger partial charge in [-0.15, -0.1) is 0 Å². The number of nitrogens with two attached hydrogens (primary N) is 1. The minimum atomic E-state index is 0.0469. The number of nitrogens with zero attached hydrogens (tertiary/aromatic N) is 1. The fourth-order valence-electron chi connectivity index (χ4n) is 3.11. The first-order valence-electron chi connectivity index (χ1n) is 7.70. The molecule has 2 aromatic carbocycles. The highest BCUT2D eigenvalue weighted by Gasteiger charge is 2.23. The third-order valence-corrected chi connectivity index (χ3v) is 4.40. The molecular formula is C19H24N2. The number of aromatic nitrogens is 1. The number of fused-ring (bicyclic) bond motifs is 3. The number of benzene rings is 2. The molecule has 1 heterocycles. The molecule has 0 amide bonds. The quantitative estimate of drug-likeness (QED) is 0.714. The molecule has 0 saturated carbocycles. The molecule has 0 saturated heterocycles. The molecule has 0 aliphatic heterocycles. The zero-order valence-corrected chi connectivity index (χ0v) is 13.4. The molecule has 0 aliphatic carbocycles. The fraction of sp³-hybridized carbons (Fsp3) is 0.368. The van der Waals surface area contributed by atoms with E-state index in [9.17, 15) is 0 Å². The molecule has 1 atom stereocenters. The van der Waals surface area contributed by atoms with Crippen LogP contribution in [-0.4, -0.2) is 4.57 Å². The van der Waals surface area contributed by atoms with Gasteiger partial charge in [-0.1, -0.05) is 45.0 Å². The number of hydrogen-bond acceptors (Lipinski definition) is 1. The van der Waals surface area contributed by atoms with Crippen molar-refractivity contribution in [3.8, 4) is 0 Å². The van der Waals surface area contributed by atoms with Gasteiger partial charge < -0.3 is 10.3 Å². The summed E-state index contributed by atoms with van der Waals surface area (Å²) in [5.41, 5.74) is 10.3. The molecule has 1 aromatic heterocycles. The molecule has 3 rings (SSSR count). The first-order valence-corrected chi connectivity index (χ1v) is 7.70. The Morgan fingerprint density at radius 2 is 1.67 bits per heavy atom. The second-order valence-electron chi connectivity index (χ2n) is 6.88. The van der Waals surface area contributed by atoms with Crippen molar-refractivity contribution in [1.82, 2.24) is 4.57 Å². The highest BCUT2D eigenvalue weighted by molar-refractivity contribution is 6.08. The summed E-state index contributed by atoms with van der Waals surface area (Å²) in [6.45, 7) is 9.75. The van der Waals surface area contributed by atoms with Crippen molar-refractivity contribution in [2.75, 3.05) is 0 Å². The largest absolute Gasteiger partial charge is 0.341 e. The van der Waals surface area contributed by atoms with Crippen LogP contribution in [0.1, 0.15) is 39.3 Å². The van der Waals surface area contributed by atoms with Crippen LogP contribution in [0.2, 0.25) is 0 Å². The van der Waals surface area contributed by atoms with Gasteiger partial charge in [0.25, 0.3) is 0 Å². The lowest BCUT2D eigenvalue weighted by atomic mass is 9.83. The van der Waals surface area contributed by atoms with Crippen molar-refractivity contribution >= 4 is 21.8 Å². The summed E-state index contributed by atoms with van der Waals surface area (Å²) in [4.78, 5) is 0. The summed E-state index contributed by atoms with van der Waals surface area (Å²) < 4.78 is 2.37. The zero-order chi connectivity index (χ0) is 15.2. The molecule has 0 aliphatic rings. The summed E-state index contributed by atoms with van der Waals surface area (Å²) in [5, 5.41) is 2.63. The minimum absolute atomic E-state index is 0.0469. The van der Waals surface area contributed by atoms with Crippen LogP contribution in [0.15, 0.2) is 42.5 Å². The van der Waals surface area contributed by atoms with Crippen LogP contribution in [0.4, 0.5) is 0 Å². The standard InChI is InChI=1S/C19H24N2/c1-5-21-16-9-7-6-8-14(16)15-12-13(10-11-17(15)21)18(20)19(2,3)4/h6-12,18H,5,20H2,1-4H3/t18-/m1/s1. The molecular weight excluding hydrogens is 256 g/mol. The van der Waals surface area contributed by atoms with Gasteiger partial charge in [0, 0.05) is 34.4 Å². The first kappa shape index (κ1) is 14.2. The van der Waals surface area contributed by atoms with Gasteiger partial charge in [-0.2, -0.15) is 0 Å². The lowest BCUT2D eigenvalue weighted by molar-refractivity contribution is 0.327. The van der Waals surface area contributed by atoms with Crippen LogP contribution in [0.3, 0.4) is 0 Å². The predicted molar refractivity (Wildman–Crippen MR) is 91.5 cm³/mol. The Kier molecular flexibility index (Phi) is 3.29. The third-order valence-electron chi connectivity index (χ3n) is 4.40. The van der Waals surface area contributed by atoms with E-state index in [4.69, 9.17) is 5.73 Å². The normalized spacial score (nSPS) is 14.0. The average Bonchev–Trinajstić information content (AvgIpc) is 2.78. The van der Waals surface area contributed by atoms with Gasteiger partial charge in [0.1, 0.15) is 0 Å². The SMILES string of the molecule is CCn1c2ccccc2c2cc([C@@H](N)C(C)(C)C)ccc21. The smallest absolute Gasteiger partial charge is 0.0491 e. The number of rotatable bonds is 2. The monoisotopic (exact) mass is 280 g/mol. The van der Waals surface area contributed by atoms with Crippen LogP contribution in [0.25, 0.3) is 21.8 Å². The maximum absolute atomic E-state index is 6.44. The highest BCUT2D eigenvalue weighted by atomic mass is 15.0. The van der Waals surface area contributed by atoms with Gasteiger partial charge in [-0.3, -0.25) is 0 Å². The molecule has 0 fully saturated rings. The number of hydrogen-bond donors (Lipinski definition) is 1. The summed E-state index contributed by atoms with van der Waals surface area (Å²) in [6.07, 6.45) is 0. The van der Waals surface area contributed by atoms with E-state index in [1.165, 1.54) is 27.4 Å².